The van der Waals surface area contributed by atoms with Gasteiger partial charge in [-0.2, -0.15) is 5.10 Å². The van der Waals surface area contributed by atoms with Gasteiger partial charge in [-0.3, -0.25) is 14.4 Å². The quantitative estimate of drug-likeness (QED) is 0.859. The molecule has 1 saturated heterocycles. The lowest BCUT2D eigenvalue weighted by molar-refractivity contribution is -0.135. The van der Waals surface area contributed by atoms with Gasteiger partial charge in [-0.05, 0) is 31.7 Å². The Balaban J connectivity index is 1.44. The first kappa shape index (κ1) is 19.2. The number of aromatic nitrogens is 4. The van der Waals surface area contributed by atoms with Crippen LogP contribution in [0, 0.1) is 12.8 Å². The van der Waals surface area contributed by atoms with E-state index in [1.165, 1.54) is 11.4 Å². The van der Waals surface area contributed by atoms with E-state index in [1.807, 2.05) is 28.9 Å². The molecule has 28 heavy (non-hydrogen) atoms. The summed E-state index contributed by atoms with van der Waals surface area (Å²) in [4.78, 5) is 25.5. The van der Waals surface area contributed by atoms with Crippen LogP contribution in [0.5, 0.6) is 0 Å². The van der Waals surface area contributed by atoms with Gasteiger partial charge in [-0.1, -0.05) is 13.8 Å². The Kier molecular flexibility index (Phi) is 5.27. The van der Waals surface area contributed by atoms with Crippen molar-refractivity contribution in [1.29, 1.82) is 0 Å². The van der Waals surface area contributed by atoms with E-state index in [4.69, 9.17) is 4.98 Å². The number of carbonyl (C=O) groups excluding carboxylic acids is 1. The number of likely N-dealkylation sites (tertiary alicyclic amines) is 1. The van der Waals surface area contributed by atoms with E-state index < -0.39 is 0 Å². The van der Waals surface area contributed by atoms with Crippen molar-refractivity contribution in [2.24, 2.45) is 5.92 Å². The van der Waals surface area contributed by atoms with Crippen molar-refractivity contribution in [3.05, 3.63) is 35.7 Å². The minimum absolute atomic E-state index is 0.0206. The molecule has 7 nitrogen and oxygen atoms in total. The van der Waals surface area contributed by atoms with Gasteiger partial charge in [0, 0.05) is 63.2 Å². The molecule has 2 aliphatic rings. The fourth-order valence-electron chi connectivity index (χ4n) is 4.90. The van der Waals surface area contributed by atoms with E-state index in [1.54, 1.807) is 6.20 Å². The van der Waals surface area contributed by atoms with Gasteiger partial charge >= 0.3 is 0 Å². The second-order valence-electron chi connectivity index (χ2n) is 8.68. The number of fused-ring (bicyclic) bond motifs is 2. The minimum Gasteiger partial charge on any atom is -0.348 e. The zero-order valence-corrected chi connectivity index (χ0v) is 17.3. The van der Waals surface area contributed by atoms with Crippen molar-refractivity contribution in [2.45, 2.75) is 58.5 Å². The fraction of sp³-hybridized carbons (Fsp3) is 0.667. The van der Waals surface area contributed by atoms with Crippen LogP contribution in [0.1, 0.15) is 50.2 Å². The molecule has 0 bridgehead atoms. The van der Waals surface area contributed by atoms with Crippen molar-refractivity contribution in [2.75, 3.05) is 26.2 Å². The molecule has 1 N–H and O–H groups in total. The molecule has 2 aromatic heterocycles. The molecule has 152 valence electrons. The molecule has 7 heteroatoms. The first-order valence-electron chi connectivity index (χ1n) is 10.5. The minimum atomic E-state index is -0.0206. The molecule has 0 saturated carbocycles. The summed E-state index contributed by atoms with van der Waals surface area (Å²) in [5, 5.41) is 4.29. The summed E-state index contributed by atoms with van der Waals surface area (Å²) in [7, 11) is 0. The normalized spacial score (nSPS) is 19.4. The Morgan fingerprint density at radius 1 is 1.29 bits per heavy atom. The number of nitrogens with zero attached hydrogens (tertiary/aromatic N) is 5. The smallest absolute Gasteiger partial charge is 0.224 e. The molecule has 1 amide bonds. The van der Waals surface area contributed by atoms with Crippen LogP contribution in [0.15, 0.2) is 18.6 Å². The topological polar surface area (TPSA) is 70.0 Å². The van der Waals surface area contributed by atoms with Gasteiger partial charge < -0.3 is 9.88 Å². The number of H-pyrrole nitrogens is 1. The van der Waals surface area contributed by atoms with E-state index in [0.717, 1.165) is 51.1 Å². The highest BCUT2D eigenvalue weighted by Gasteiger charge is 2.47. The molecule has 4 rings (SSSR count). The molecule has 0 aromatic carbocycles. The van der Waals surface area contributed by atoms with Gasteiger partial charge in [0.05, 0.1) is 17.6 Å². The molecule has 4 heterocycles. The highest BCUT2D eigenvalue weighted by atomic mass is 16.2. The highest BCUT2D eigenvalue weighted by molar-refractivity contribution is 5.76. The van der Waals surface area contributed by atoms with Gasteiger partial charge in [0.1, 0.15) is 0 Å². The maximum absolute atomic E-state index is 12.8. The zero-order chi connectivity index (χ0) is 19.7. The number of amides is 1. The van der Waals surface area contributed by atoms with Crippen LogP contribution in [0.25, 0.3) is 0 Å². The lowest BCUT2D eigenvalue weighted by atomic mass is 9.78. The van der Waals surface area contributed by atoms with Crippen molar-refractivity contribution in [3.63, 3.8) is 0 Å². The molecule has 2 aromatic rings. The predicted molar refractivity (Wildman–Crippen MR) is 108 cm³/mol. The molecule has 0 unspecified atom stereocenters. The Hall–Kier alpha value is -2.15. The van der Waals surface area contributed by atoms with Crippen molar-refractivity contribution >= 4 is 5.91 Å². The average Bonchev–Trinajstić information content (AvgIpc) is 3.32. The van der Waals surface area contributed by atoms with Crippen LogP contribution < -0.4 is 0 Å². The Morgan fingerprint density at radius 2 is 2.07 bits per heavy atom. The van der Waals surface area contributed by atoms with Gasteiger partial charge in [0.2, 0.25) is 5.91 Å². The lowest BCUT2D eigenvalue weighted by Gasteiger charge is -2.51. The van der Waals surface area contributed by atoms with Crippen LogP contribution in [0.4, 0.5) is 0 Å². The van der Waals surface area contributed by atoms with Crippen molar-refractivity contribution < 1.29 is 4.79 Å². The molecule has 1 spiro atoms. The van der Waals surface area contributed by atoms with Crippen LogP contribution >= 0.6 is 0 Å². The van der Waals surface area contributed by atoms with E-state index in [2.05, 4.69) is 28.8 Å². The van der Waals surface area contributed by atoms with Gasteiger partial charge in [-0.25, -0.2) is 4.98 Å². The van der Waals surface area contributed by atoms with Crippen LogP contribution in [0.3, 0.4) is 0 Å². The SMILES string of the molecule is Cc1ccnn1CCC(=O)N1CCC2(CC1)c1nc[nH]c1CCN2CC(C)C. The number of hydrogen-bond acceptors (Lipinski definition) is 4. The Bertz CT molecular complexity index is 814. The van der Waals surface area contributed by atoms with Crippen LogP contribution in [0.2, 0.25) is 0 Å². The van der Waals surface area contributed by atoms with E-state index in [-0.39, 0.29) is 11.4 Å². The number of hydrogen-bond donors (Lipinski definition) is 1. The summed E-state index contributed by atoms with van der Waals surface area (Å²) in [6.45, 7) is 11.0. The summed E-state index contributed by atoms with van der Waals surface area (Å²) in [6.07, 6.45) is 7.11. The number of rotatable bonds is 5. The zero-order valence-electron chi connectivity index (χ0n) is 17.3. The molecule has 1 fully saturated rings. The fourth-order valence-corrected chi connectivity index (χ4v) is 4.90. The van der Waals surface area contributed by atoms with Crippen molar-refractivity contribution in [1.82, 2.24) is 29.5 Å². The first-order valence-corrected chi connectivity index (χ1v) is 10.5. The van der Waals surface area contributed by atoms with E-state index >= 15 is 0 Å². The third-order valence-electron chi connectivity index (χ3n) is 6.39. The predicted octanol–water partition coefficient (Wildman–Crippen LogP) is 2.34. The van der Waals surface area contributed by atoms with Gasteiger partial charge in [0.15, 0.2) is 0 Å². The number of nitrogens with one attached hydrogen (secondary N) is 1. The second kappa shape index (κ2) is 7.70. The number of carbonyl (C=O) groups is 1. The molecular formula is C21H32N6O. The van der Waals surface area contributed by atoms with Crippen molar-refractivity contribution in [3.8, 4) is 0 Å². The number of aryl methyl sites for hydroxylation is 2. The first-order chi connectivity index (χ1) is 13.5. The largest absolute Gasteiger partial charge is 0.348 e. The molecular weight excluding hydrogens is 352 g/mol. The third kappa shape index (κ3) is 3.48. The molecule has 2 aliphatic heterocycles. The number of aromatic amines is 1. The lowest BCUT2D eigenvalue weighted by Crippen LogP contribution is -2.57. The summed E-state index contributed by atoms with van der Waals surface area (Å²) >= 11 is 0. The van der Waals surface area contributed by atoms with Crippen LogP contribution in [-0.2, 0) is 23.3 Å². The third-order valence-corrected chi connectivity index (χ3v) is 6.39. The van der Waals surface area contributed by atoms with Gasteiger partial charge in [0.25, 0.3) is 0 Å². The average molecular weight is 385 g/mol. The molecule has 0 atom stereocenters. The maximum Gasteiger partial charge on any atom is 0.224 e. The van der Waals surface area contributed by atoms with Crippen LogP contribution in [-0.4, -0.2) is 61.6 Å². The van der Waals surface area contributed by atoms with E-state index in [9.17, 15) is 4.79 Å². The molecule has 0 radical (unpaired) electrons. The summed E-state index contributed by atoms with van der Waals surface area (Å²) in [5.74, 6) is 0.854. The van der Waals surface area contributed by atoms with E-state index in [0.29, 0.717) is 18.9 Å². The number of piperidine rings is 1. The maximum atomic E-state index is 12.8. The Morgan fingerprint density at radius 3 is 2.75 bits per heavy atom. The second-order valence-corrected chi connectivity index (χ2v) is 8.68. The summed E-state index contributed by atoms with van der Waals surface area (Å²) in [6, 6.07) is 1.98. The number of imidazole rings is 1. The summed E-state index contributed by atoms with van der Waals surface area (Å²) < 4.78 is 1.91. The highest BCUT2D eigenvalue weighted by Crippen LogP contribution is 2.42. The summed E-state index contributed by atoms with van der Waals surface area (Å²) in [5.41, 5.74) is 3.59. The Labute approximate surface area is 167 Å². The monoisotopic (exact) mass is 384 g/mol. The van der Waals surface area contributed by atoms with Gasteiger partial charge in [-0.15, -0.1) is 0 Å². The molecule has 0 aliphatic carbocycles. The standard InChI is InChI=1S/C21H32N6O/c1-16(2)14-26-10-5-18-20(23-15-22-18)21(26)7-12-25(13-8-21)19(28)6-11-27-17(3)4-9-24-27/h4,9,15-16H,5-8,10-14H2,1-3H3,(H,22,23).